The van der Waals surface area contributed by atoms with E-state index in [1.54, 1.807) is 14.2 Å². The molecule has 0 radical (unpaired) electrons. The molecule has 5 atom stereocenters. The van der Waals surface area contributed by atoms with E-state index in [4.69, 9.17) is 9.47 Å². The molecule has 0 aliphatic rings. The van der Waals surface area contributed by atoms with Gasteiger partial charge < -0.3 is 14.6 Å². The third-order valence-corrected chi connectivity index (χ3v) is 4.94. The maximum Gasteiger partial charge on any atom is 0.0644 e. The molecule has 3 nitrogen and oxygen atoms in total. The number of aliphatic hydroxyl groups excluding tert-OH is 1. The molecule has 22 heavy (non-hydrogen) atoms. The molecule has 0 saturated heterocycles. The highest BCUT2D eigenvalue weighted by molar-refractivity contribution is 4.78. The zero-order valence-electron chi connectivity index (χ0n) is 16.1. The van der Waals surface area contributed by atoms with E-state index in [2.05, 4.69) is 41.5 Å². The Kier molecular flexibility index (Phi) is 11.4. The lowest BCUT2D eigenvalue weighted by Crippen LogP contribution is -2.35. The summed E-state index contributed by atoms with van der Waals surface area (Å²) in [7, 11) is 3.55. The van der Waals surface area contributed by atoms with Gasteiger partial charge in [0.1, 0.15) is 0 Å². The Morgan fingerprint density at radius 2 is 1.36 bits per heavy atom. The third kappa shape index (κ3) is 7.94. The van der Waals surface area contributed by atoms with Crippen LogP contribution < -0.4 is 0 Å². The van der Waals surface area contributed by atoms with E-state index >= 15 is 0 Å². The van der Waals surface area contributed by atoms with Crippen molar-refractivity contribution in [2.24, 2.45) is 23.7 Å². The van der Waals surface area contributed by atoms with Crippen LogP contribution in [0.25, 0.3) is 0 Å². The van der Waals surface area contributed by atoms with E-state index < -0.39 is 0 Å². The van der Waals surface area contributed by atoms with Gasteiger partial charge in [-0.1, -0.05) is 41.5 Å². The minimum atomic E-state index is -0.308. The number of rotatable bonds is 12. The monoisotopic (exact) mass is 316 g/mol. The molecule has 0 rings (SSSR count). The lowest BCUT2D eigenvalue weighted by molar-refractivity contribution is -0.0365. The topological polar surface area (TPSA) is 38.7 Å². The van der Waals surface area contributed by atoms with Gasteiger partial charge in [0, 0.05) is 20.1 Å². The molecule has 0 fully saturated rings. The predicted molar refractivity (Wildman–Crippen MR) is 94.1 cm³/mol. The van der Waals surface area contributed by atoms with Gasteiger partial charge in [-0.05, 0) is 43.4 Å². The van der Waals surface area contributed by atoms with E-state index in [0.29, 0.717) is 23.9 Å². The Morgan fingerprint density at radius 3 is 1.77 bits per heavy atom. The first-order valence-corrected chi connectivity index (χ1v) is 8.98. The molecule has 5 unspecified atom stereocenters. The second-order valence-electron chi connectivity index (χ2n) is 7.67. The molecule has 0 bridgehead atoms. The summed E-state index contributed by atoms with van der Waals surface area (Å²) in [4.78, 5) is 0. The third-order valence-electron chi connectivity index (χ3n) is 4.94. The number of methoxy groups -OCH3 is 2. The van der Waals surface area contributed by atoms with Crippen LogP contribution >= 0.6 is 0 Å². The van der Waals surface area contributed by atoms with Crippen molar-refractivity contribution in [1.82, 2.24) is 0 Å². The smallest absolute Gasteiger partial charge is 0.0644 e. The van der Waals surface area contributed by atoms with Gasteiger partial charge in [0.25, 0.3) is 0 Å². The van der Waals surface area contributed by atoms with Crippen LogP contribution in [-0.4, -0.2) is 37.6 Å². The molecular formula is C19H40O3. The maximum absolute atomic E-state index is 10.5. The number of hydrogen-bond acceptors (Lipinski definition) is 3. The van der Waals surface area contributed by atoms with Crippen LogP contribution in [0.3, 0.4) is 0 Å². The molecule has 0 aliphatic heterocycles. The van der Waals surface area contributed by atoms with E-state index in [9.17, 15) is 5.11 Å². The van der Waals surface area contributed by atoms with Crippen molar-refractivity contribution in [2.45, 2.75) is 85.5 Å². The normalized spacial score (nSPS) is 19.2. The van der Waals surface area contributed by atoms with Crippen LogP contribution in [0.1, 0.15) is 67.2 Å². The molecule has 134 valence electrons. The molecule has 0 aromatic rings. The fourth-order valence-corrected chi connectivity index (χ4v) is 3.33. The fraction of sp³-hybridized carbons (Fsp3) is 1.00. The average molecular weight is 317 g/mol. The summed E-state index contributed by atoms with van der Waals surface area (Å²) >= 11 is 0. The van der Waals surface area contributed by atoms with Crippen molar-refractivity contribution in [3.8, 4) is 0 Å². The molecule has 1 N–H and O–H groups in total. The van der Waals surface area contributed by atoms with Gasteiger partial charge in [-0.15, -0.1) is 0 Å². The van der Waals surface area contributed by atoms with Gasteiger partial charge in [0.15, 0.2) is 0 Å². The Bertz CT molecular complexity index is 265. The second-order valence-corrected chi connectivity index (χ2v) is 7.67. The van der Waals surface area contributed by atoms with Crippen LogP contribution in [0.4, 0.5) is 0 Å². The Morgan fingerprint density at radius 1 is 0.773 bits per heavy atom. The Labute approximate surface area is 138 Å². The van der Waals surface area contributed by atoms with Crippen LogP contribution in [0, 0.1) is 23.7 Å². The zero-order chi connectivity index (χ0) is 17.3. The van der Waals surface area contributed by atoms with Crippen molar-refractivity contribution in [3.05, 3.63) is 0 Å². The van der Waals surface area contributed by atoms with E-state index in [1.807, 2.05) is 0 Å². The van der Waals surface area contributed by atoms with Gasteiger partial charge in [-0.25, -0.2) is 0 Å². The van der Waals surface area contributed by atoms with Gasteiger partial charge in [-0.2, -0.15) is 0 Å². The highest BCUT2D eigenvalue weighted by Crippen LogP contribution is 2.25. The summed E-state index contributed by atoms with van der Waals surface area (Å²) in [5, 5.41) is 10.5. The quantitative estimate of drug-likeness (QED) is 0.575. The fourth-order valence-electron chi connectivity index (χ4n) is 3.33. The summed E-state index contributed by atoms with van der Waals surface area (Å²) in [6.07, 6.45) is 4.22. The lowest BCUT2D eigenvalue weighted by atomic mass is 9.85. The second kappa shape index (κ2) is 11.4. The molecule has 0 aromatic carbocycles. The van der Waals surface area contributed by atoms with E-state index in [0.717, 1.165) is 19.3 Å². The van der Waals surface area contributed by atoms with Crippen LogP contribution in [-0.2, 0) is 9.47 Å². The van der Waals surface area contributed by atoms with Gasteiger partial charge in [0.05, 0.1) is 18.3 Å². The number of hydrogen-bond donors (Lipinski definition) is 1. The zero-order valence-corrected chi connectivity index (χ0v) is 16.1. The van der Waals surface area contributed by atoms with Crippen molar-refractivity contribution >= 4 is 0 Å². The number of aliphatic hydroxyl groups is 1. The highest BCUT2D eigenvalue weighted by atomic mass is 16.5. The summed E-state index contributed by atoms with van der Waals surface area (Å²) in [5.74, 6) is 1.77. The first-order chi connectivity index (χ1) is 10.2. The summed E-state index contributed by atoms with van der Waals surface area (Å²) in [6, 6.07) is 0. The van der Waals surface area contributed by atoms with Crippen LogP contribution in [0.2, 0.25) is 0 Å². The first-order valence-electron chi connectivity index (χ1n) is 8.98. The van der Waals surface area contributed by atoms with Gasteiger partial charge >= 0.3 is 0 Å². The lowest BCUT2D eigenvalue weighted by Gasteiger charge is -2.31. The molecule has 0 saturated carbocycles. The van der Waals surface area contributed by atoms with E-state index in [-0.39, 0.29) is 18.1 Å². The summed E-state index contributed by atoms with van der Waals surface area (Å²) in [5.41, 5.74) is 0. The first kappa shape index (κ1) is 21.9. The molecular weight excluding hydrogens is 276 g/mol. The molecule has 0 heterocycles. The van der Waals surface area contributed by atoms with Crippen molar-refractivity contribution in [1.29, 1.82) is 0 Å². The van der Waals surface area contributed by atoms with Gasteiger partial charge in [-0.3, -0.25) is 0 Å². The molecule has 0 aliphatic carbocycles. The molecule has 3 heteroatoms. The average Bonchev–Trinajstić information content (AvgIpc) is 2.45. The molecule has 0 aromatic heterocycles. The minimum Gasteiger partial charge on any atom is -0.393 e. The van der Waals surface area contributed by atoms with Crippen LogP contribution in [0.5, 0.6) is 0 Å². The SMILES string of the molecule is COC(CCC(C)C)C(C)CCC(O)C(C)C(OC)C(C)C. The minimum absolute atomic E-state index is 0.115. The van der Waals surface area contributed by atoms with Crippen LogP contribution in [0.15, 0.2) is 0 Å². The number of ether oxygens (including phenoxy) is 2. The maximum atomic E-state index is 10.5. The van der Waals surface area contributed by atoms with E-state index in [1.165, 1.54) is 6.42 Å². The van der Waals surface area contributed by atoms with Crippen molar-refractivity contribution < 1.29 is 14.6 Å². The highest BCUT2D eigenvalue weighted by Gasteiger charge is 2.27. The molecule has 0 amide bonds. The Balaban J connectivity index is 4.33. The van der Waals surface area contributed by atoms with Gasteiger partial charge in [0.2, 0.25) is 0 Å². The largest absolute Gasteiger partial charge is 0.393 e. The molecule has 0 spiro atoms. The Hall–Kier alpha value is -0.120. The summed E-state index contributed by atoms with van der Waals surface area (Å²) in [6.45, 7) is 13.1. The van der Waals surface area contributed by atoms with Crippen molar-refractivity contribution in [2.75, 3.05) is 14.2 Å². The summed E-state index contributed by atoms with van der Waals surface area (Å²) < 4.78 is 11.2. The predicted octanol–water partition coefficient (Wildman–Crippen LogP) is 4.52. The van der Waals surface area contributed by atoms with Crippen molar-refractivity contribution in [3.63, 3.8) is 0 Å². The standard InChI is InChI=1S/C19H40O3/c1-13(2)9-12-18(21-7)15(5)10-11-17(20)16(6)19(22-8)14(3)4/h13-20H,9-12H2,1-8H3.